The van der Waals surface area contributed by atoms with Crippen LogP contribution in [0.15, 0.2) is 84.9 Å². The molecule has 0 aliphatic carbocycles. The van der Waals surface area contributed by atoms with Gasteiger partial charge in [0.15, 0.2) is 17.1 Å². The van der Waals surface area contributed by atoms with Gasteiger partial charge in [-0.3, -0.25) is 4.79 Å². The molecular weight excluding hydrogens is 478 g/mol. The molecule has 0 saturated heterocycles. The first kappa shape index (κ1) is 24.8. The first-order valence-electron chi connectivity index (χ1n) is 12.1. The van der Waals surface area contributed by atoms with Gasteiger partial charge in [-0.2, -0.15) is 5.10 Å². The zero-order valence-corrected chi connectivity index (χ0v) is 21.6. The Kier molecular flexibility index (Phi) is 6.91. The van der Waals surface area contributed by atoms with Crippen LogP contribution in [0.2, 0.25) is 0 Å². The van der Waals surface area contributed by atoms with Crippen molar-refractivity contribution in [3.8, 4) is 39.8 Å². The summed E-state index contributed by atoms with van der Waals surface area (Å²) in [4.78, 5) is 18.0. The van der Waals surface area contributed by atoms with Crippen LogP contribution in [0.3, 0.4) is 0 Å². The van der Waals surface area contributed by atoms with Gasteiger partial charge in [0, 0.05) is 17.2 Å². The summed E-state index contributed by atoms with van der Waals surface area (Å²) < 4.78 is 18.4. The number of hydrogen-bond donors (Lipinski definition) is 0. The van der Waals surface area contributed by atoms with Gasteiger partial charge in [-0.05, 0) is 36.8 Å². The third-order valence-corrected chi connectivity index (χ3v) is 6.21. The molecule has 190 valence electrons. The van der Waals surface area contributed by atoms with Crippen molar-refractivity contribution in [1.29, 1.82) is 0 Å². The van der Waals surface area contributed by atoms with Crippen LogP contribution >= 0.6 is 0 Å². The van der Waals surface area contributed by atoms with Crippen LogP contribution in [0.5, 0.6) is 17.2 Å². The molecule has 0 atom stereocenters. The highest BCUT2D eigenvalue weighted by Crippen LogP contribution is 2.41. The lowest BCUT2D eigenvalue weighted by molar-refractivity contribution is 0.104. The van der Waals surface area contributed by atoms with Crippen molar-refractivity contribution in [2.75, 3.05) is 21.3 Å². The molecule has 0 amide bonds. The number of fused-ring (bicyclic) bond motifs is 1. The van der Waals surface area contributed by atoms with Crippen molar-refractivity contribution < 1.29 is 19.0 Å². The maximum Gasteiger partial charge on any atom is 0.204 e. The van der Waals surface area contributed by atoms with E-state index in [9.17, 15) is 4.79 Å². The molecule has 0 radical (unpaired) electrons. The highest BCUT2D eigenvalue weighted by molar-refractivity contribution is 6.06. The molecule has 7 heteroatoms. The number of carbonyl (C=O) groups is 1. The fourth-order valence-corrected chi connectivity index (χ4v) is 4.22. The number of aromatic nitrogens is 3. The largest absolute Gasteiger partial charge is 0.493 e. The van der Waals surface area contributed by atoms with Crippen LogP contribution in [0.4, 0.5) is 0 Å². The van der Waals surface area contributed by atoms with Crippen LogP contribution in [-0.2, 0) is 0 Å². The third-order valence-electron chi connectivity index (χ3n) is 6.21. The van der Waals surface area contributed by atoms with E-state index in [1.165, 1.54) is 6.08 Å². The average molecular weight is 506 g/mol. The monoisotopic (exact) mass is 505 g/mol. The second-order valence-electron chi connectivity index (χ2n) is 8.71. The Morgan fingerprint density at radius 3 is 2.13 bits per heavy atom. The summed E-state index contributed by atoms with van der Waals surface area (Å²) in [6, 6.07) is 25.1. The Labute approximate surface area is 220 Å². The number of ether oxygens (including phenoxy) is 3. The second-order valence-corrected chi connectivity index (χ2v) is 8.71. The summed E-state index contributed by atoms with van der Waals surface area (Å²) in [5, 5.41) is 4.83. The molecular formula is C31H27N3O4. The quantitative estimate of drug-likeness (QED) is 0.182. The number of methoxy groups -OCH3 is 3. The summed E-state index contributed by atoms with van der Waals surface area (Å²) in [5.41, 5.74) is 6.00. The van der Waals surface area contributed by atoms with Gasteiger partial charge in [-0.25, -0.2) is 9.50 Å². The van der Waals surface area contributed by atoms with Crippen LogP contribution < -0.4 is 14.2 Å². The standard InChI is InChI=1S/C31H27N3O4/c1-20-10-12-21(13-11-20)14-15-27(35)25-18-26(23-16-28(36-2)31(38-4)29(17-23)37-3)34-30(32-25)19-24(33-34)22-8-6-5-7-9-22/h5-19H,1-4H3/b15-14+. The minimum atomic E-state index is -0.218. The molecule has 0 bridgehead atoms. The highest BCUT2D eigenvalue weighted by atomic mass is 16.5. The zero-order valence-electron chi connectivity index (χ0n) is 21.6. The molecule has 0 aliphatic heterocycles. The number of aryl methyl sites for hydroxylation is 1. The van der Waals surface area contributed by atoms with E-state index < -0.39 is 0 Å². The van der Waals surface area contributed by atoms with Crippen LogP contribution in [0, 0.1) is 6.92 Å². The van der Waals surface area contributed by atoms with Gasteiger partial charge in [0.2, 0.25) is 11.5 Å². The maximum absolute atomic E-state index is 13.3. The predicted octanol–water partition coefficient (Wildman–Crippen LogP) is 6.29. The van der Waals surface area contributed by atoms with Gasteiger partial charge in [0.25, 0.3) is 0 Å². The van der Waals surface area contributed by atoms with Crippen molar-refractivity contribution in [3.63, 3.8) is 0 Å². The van der Waals surface area contributed by atoms with Crippen LogP contribution in [0.25, 0.3) is 34.2 Å². The van der Waals surface area contributed by atoms with Gasteiger partial charge < -0.3 is 14.2 Å². The Hall–Kier alpha value is -4.91. The van der Waals surface area contributed by atoms with Crippen molar-refractivity contribution >= 4 is 17.5 Å². The van der Waals surface area contributed by atoms with Gasteiger partial charge in [-0.1, -0.05) is 66.2 Å². The minimum absolute atomic E-state index is 0.218. The molecule has 0 aliphatic rings. The molecule has 0 N–H and O–H groups in total. The van der Waals surface area contributed by atoms with E-state index in [2.05, 4.69) is 4.98 Å². The average Bonchev–Trinajstić information content (AvgIpc) is 3.40. The second kappa shape index (κ2) is 10.6. The summed E-state index contributed by atoms with van der Waals surface area (Å²) >= 11 is 0. The van der Waals surface area contributed by atoms with Gasteiger partial charge in [-0.15, -0.1) is 0 Å². The molecule has 0 spiro atoms. The van der Waals surface area contributed by atoms with Crippen molar-refractivity contribution in [1.82, 2.24) is 14.6 Å². The Balaban J connectivity index is 1.67. The van der Waals surface area contributed by atoms with E-state index in [4.69, 9.17) is 19.3 Å². The van der Waals surface area contributed by atoms with E-state index in [-0.39, 0.29) is 5.78 Å². The SMILES string of the molecule is COc1cc(-c2cc(C(=O)/C=C/c3ccc(C)cc3)nc3cc(-c4ccccc4)nn23)cc(OC)c1OC. The first-order valence-corrected chi connectivity index (χ1v) is 12.1. The van der Waals surface area contributed by atoms with Gasteiger partial charge in [0.1, 0.15) is 5.69 Å². The number of allylic oxidation sites excluding steroid dienone is 1. The lowest BCUT2D eigenvalue weighted by Crippen LogP contribution is -2.05. The van der Waals surface area contributed by atoms with Crippen molar-refractivity contribution in [2.45, 2.75) is 6.92 Å². The number of carbonyl (C=O) groups excluding carboxylic acids is 1. The number of ketones is 1. The number of rotatable bonds is 8. The van der Waals surface area contributed by atoms with Crippen molar-refractivity contribution in [3.05, 3.63) is 102 Å². The molecule has 3 aromatic carbocycles. The van der Waals surface area contributed by atoms with Crippen molar-refractivity contribution in [2.24, 2.45) is 0 Å². The fraction of sp³-hybridized carbons (Fsp3) is 0.129. The molecule has 0 unspecified atom stereocenters. The summed E-state index contributed by atoms with van der Waals surface area (Å²) in [5.74, 6) is 1.25. The number of hydrogen-bond acceptors (Lipinski definition) is 6. The molecule has 2 heterocycles. The smallest absolute Gasteiger partial charge is 0.204 e. The lowest BCUT2D eigenvalue weighted by Gasteiger charge is -2.15. The Bertz CT molecular complexity index is 1610. The number of nitrogens with zero attached hydrogens (tertiary/aromatic N) is 3. The summed E-state index contributed by atoms with van der Waals surface area (Å²) in [6.07, 6.45) is 3.33. The normalized spacial score (nSPS) is 11.2. The molecule has 0 fully saturated rings. The third kappa shape index (κ3) is 4.86. The lowest BCUT2D eigenvalue weighted by atomic mass is 10.1. The molecule has 2 aromatic heterocycles. The van der Waals surface area contributed by atoms with Crippen LogP contribution in [-0.4, -0.2) is 41.7 Å². The van der Waals surface area contributed by atoms with E-state index in [1.807, 2.05) is 79.7 Å². The Morgan fingerprint density at radius 2 is 1.50 bits per heavy atom. The van der Waals surface area contributed by atoms with Gasteiger partial charge >= 0.3 is 0 Å². The van der Waals surface area contributed by atoms with E-state index in [1.54, 1.807) is 38.0 Å². The highest BCUT2D eigenvalue weighted by Gasteiger charge is 2.19. The van der Waals surface area contributed by atoms with E-state index in [0.29, 0.717) is 34.3 Å². The predicted molar refractivity (Wildman–Crippen MR) is 148 cm³/mol. The van der Waals surface area contributed by atoms with Crippen LogP contribution in [0.1, 0.15) is 21.6 Å². The summed E-state index contributed by atoms with van der Waals surface area (Å²) in [6.45, 7) is 2.03. The molecule has 7 nitrogen and oxygen atoms in total. The number of benzene rings is 3. The van der Waals surface area contributed by atoms with Gasteiger partial charge in [0.05, 0.1) is 32.7 Å². The topological polar surface area (TPSA) is 75.0 Å². The molecule has 0 saturated carbocycles. The fourth-order valence-electron chi connectivity index (χ4n) is 4.22. The van der Waals surface area contributed by atoms with E-state index >= 15 is 0 Å². The Morgan fingerprint density at radius 1 is 0.816 bits per heavy atom. The molecule has 38 heavy (non-hydrogen) atoms. The molecule has 5 aromatic rings. The minimum Gasteiger partial charge on any atom is -0.493 e. The summed E-state index contributed by atoms with van der Waals surface area (Å²) in [7, 11) is 4.69. The maximum atomic E-state index is 13.3. The first-order chi connectivity index (χ1) is 18.5. The van der Waals surface area contributed by atoms with E-state index in [0.717, 1.165) is 27.9 Å². The zero-order chi connectivity index (χ0) is 26.6. The molecule has 5 rings (SSSR count).